The Morgan fingerprint density at radius 1 is 1.70 bits per heavy atom. The van der Waals surface area contributed by atoms with Gasteiger partial charge >= 0.3 is 5.97 Å². The van der Waals surface area contributed by atoms with E-state index in [1.807, 2.05) is 0 Å². The van der Waals surface area contributed by atoms with Crippen molar-refractivity contribution in [1.82, 2.24) is 0 Å². The van der Waals surface area contributed by atoms with Crippen LogP contribution in [-0.4, -0.2) is 22.8 Å². The van der Waals surface area contributed by atoms with Crippen molar-refractivity contribution >= 4 is 5.97 Å². The Balaban J connectivity index is 0. The maximum Gasteiger partial charge on any atom is 0.335 e. The molecule has 60 valence electrons. The molecule has 0 rings (SSSR count). The molecule has 0 heterocycles. The lowest BCUT2D eigenvalue weighted by molar-refractivity contribution is -0.159. The summed E-state index contributed by atoms with van der Waals surface area (Å²) in [6.07, 6.45) is -1.05. The van der Waals surface area contributed by atoms with Crippen molar-refractivity contribution in [2.45, 2.75) is 20.1 Å². The highest BCUT2D eigenvalue weighted by molar-refractivity contribution is 5.86. The number of hydrogen-bond acceptors (Lipinski definition) is 3. The quantitative estimate of drug-likeness (QED) is 0.329. The van der Waals surface area contributed by atoms with Gasteiger partial charge in [-0.3, -0.25) is 0 Å². The molecule has 3 N–H and O–H groups in total. The van der Waals surface area contributed by atoms with Gasteiger partial charge in [-0.05, 0) is 13.8 Å². The highest BCUT2D eigenvalue weighted by Crippen LogP contribution is 1.94. The minimum atomic E-state index is -1.05. The summed E-state index contributed by atoms with van der Waals surface area (Å²) in [5.41, 5.74) is 0.288. The molecule has 0 aromatic heterocycles. The number of ether oxygens (including phenoxy) is 1. The third kappa shape index (κ3) is 5.27. The maximum atomic E-state index is 10.5. The van der Waals surface area contributed by atoms with Gasteiger partial charge in [-0.15, -0.1) is 0 Å². The largest absolute Gasteiger partial charge is 0.433 e. The summed E-state index contributed by atoms with van der Waals surface area (Å²) in [5, 5.41) is 8.49. The fourth-order valence-corrected chi connectivity index (χ4v) is 0.255. The van der Waals surface area contributed by atoms with Crippen molar-refractivity contribution in [1.29, 1.82) is 0 Å². The van der Waals surface area contributed by atoms with E-state index in [0.29, 0.717) is 0 Å². The number of carbonyl (C=O) groups excluding carboxylic acids is 1. The first-order valence-corrected chi connectivity index (χ1v) is 2.58. The third-order valence-electron chi connectivity index (χ3n) is 0.626. The first kappa shape index (κ1) is 11.9. The van der Waals surface area contributed by atoms with E-state index in [0.717, 1.165) is 0 Å². The lowest BCUT2D eigenvalue weighted by Gasteiger charge is -2.04. The fraction of sp³-hybridized carbons (Fsp3) is 0.500. The van der Waals surface area contributed by atoms with Gasteiger partial charge in [0.2, 0.25) is 0 Å². The normalized spacial score (nSPS) is 11.1. The van der Waals surface area contributed by atoms with E-state index in [2.05, 4.69) is 11.3 Å². The number of rotatable bonds is 2. The van der Waals surface area contributed by atoms with Crippen LogP contribution in [0, 0.1) is 0 Å². The highest BCUT2D eigenvalue weighted by atomic mass is 16.6. The van der Waals surface area contributed by atoms with Crippen LogP contribution in [0.1, 0.15) is 13.8 Å². The first-order valence-electron chi connectivity index (χ1n) is 2.58. The lowest BCUT2D eigenvalue weighted by atomic mass is 10.4. The number of aliphatic hydroxyl groups excluding tert-OH is 1. The van der Waals surface area contributed by atoms with Gasteiger partial charge in [-0.25, -0.2) is 4.79 Å². The van der Waals surface area contributed by atoms with Gasteiger partial charge in [-0.2, -0.15) is 0 Å². The Labute approximate surface area is 59.4 Å². The Morgan fingerprint density at radius 3 is 2.20 bits per heavy atom. The summed E-state index contributed by atoms with van der Waals surface area (Å²) in [6, 6.07) is 0. The van der Waals surface area contributed by atoms with Crippen molar-refractivity contribution in [2.24, 2.45) is 0 Å². The standard InChI is InChI=1S/C6H10O3.H2O/c1-4(2)6(8)9-5(3)7;/h5,7H,1H2,2-3H3;1H2. The average molecular weight is 148 g/mol. The van der Waals surface area contributed by atoms with Gasteiger partial charge in [0.05, 0.1) is 0 Å². The molecule has 4 nitrogen and oxygen atoms in total. The molecule has 0 fully saturated rings. The molecule has 0 aromatic rings. The zero-order chi connectivity index (χ0) is 7.44. The SMILES string of the molecule is C=C(C)C(=O)OC(C)O.O. The topological polar surface area (TPSA) is 78.0 Å². The smallest absolute Gasteiger partial charge is 0.335 e. The molecule has 10 heavy (non-hydrogen) atoms. The molecule has 0 aliphatic heterocycles. The van der Waals surface area contributed by atoms with E-state index in [4.69, 9.17) is 5.11 Å². The van der Waals surface area contributed by atoms with E-state index in [9.17, 15) is 4.79 Å². The van der Waals surface area contributed by atoms with E-state index >= 15 is 0 Å². The van der Waals surface area contributed by atoms with Crippen LogP contribution in [0.15, 0.2) is 12.2 Å². The average Bonchev–Trinajstić information content (AvgIpc) is 1.63. The molecule has 0 amide bonds. The minimum absolute atomic E-state index is 0. The van der Waals surface area contributed by atoms with Gasteiger partial charge in [0.15, 0.2) is 6.29 Å². The zero-order valence-electron chi connectivity index (χ0n) is 6.05. The molecule has 0 spiro atoms. The van der Waals surface area contributed by atoms with Crippen LogP contribution in [-0.2, 0) is 9.53 Å². The molecule has 0 aliphatic carbocycles. The Hall–Kier alpha value is -0.870. The fourth-order valence-electron chi connectivity index (χ4n) is 0.255. The molecule has 1 unspecified atom stereocenters. The Morgan fingerprint density at radius 2 is 2.10 bits per heavy atom. The molecule has 0 aliphatic rings. The lowest BCUT2D eigenvalue weighted by Crippen LogP contribution is -2.13. The first-order chi connectivity index (χ1) is 4.04. The van der Waals surface area contributed by atoms with Crippen LogP contribution in [0.25, 0.3) is 0 Å². The van der Waals surface area contributed by atoms with Crippen LogP contribution >= 0.6 is 0 Å². The van der Waals surface area contributed by atoms with Crippen LogP contribution in [0.2, 0.25) is 0 Å². The van der Waals surface area contributed by atoms with Gasteiger partial charge in [0.1, 0.15) is 0 Å². The van der Waals surface area contributed by atoms with Gasteiger partial charge in [0.25, 0.3) is 0 Å². The van der Waals surface area contributed by atoms with E-state index < -0.39 is 12.3 Å². The van der Waals surface area contributed by atoms with Gasteiger partial charge in [-0.1, -0.05) is 6.58 Å². The Bertz CT molecular complexity index is 128. The van der Waals surface area contributed by atoms with Crippen LogP contribution < -0.4 is 0 Å². The van der Waals surface area contributed by atoms with Crippen molar-refractivity contribution in [3.63, 3.8) is 0 Å². The van der Waals surface area contributed by atoms with E-state index in [-0.39, 0.29) is 11.0 Å². The molecule has 0 saturated heterocycles. The van der Waals surface area contributed by atoms with Crippen LogP contribution in [0.4, 0.5) is 0 Å². The summed E-state index contributed by atoms with van der Waals surface area (Å²) in [7, 11) is 0. The monoisotopic (exact) mass is 148 g/mol. The molecule has 0 bridgehead atoms. The summed E-state index contributed by atoms with van der Waals surface area (Å²) in [4.78, 5) is 10.5. The second-order valence-electron chi connectivity index (χ2n) is 1.78. The van der Waals surface area contributed by atoms with E-state index in [1.54, 1.807) is 0 Å². The molecule has 0 saturated carbocycles. The predicted octanol–water partition coefficient (Wildman–Crippen LogP) is -0.381. The number of esters is 1. The molecule has 4 heteroatoms. The number of hydrogen-bond donors (Lipinski definition) is 1. The minimum Gasteiger partial charge on any atom is -0.433 e. The van der Waals surface area contributed by atoms with Gasteiger partial charge in [0, 0.05) is 5.57 Å². The Kier molecular flexibility index (Phi) is 5.89. The summed E-state index contributed by atoms with van der Waals surface area (Å²) < 4.78 is 4.33. The maximum absolute atomic E-state index is 10.5. The molecule has 0 radical (unpaired) electrons. The van der Waals surface area contributed by atoms with Crippen molar-refractivity contribution in [3.8, 4) is 0 Å². The molecule has 1 atom stereocenters. The number of aliphatic hydroxyl groups is 1. The van der Waals surface area contributed by atoms with Gasteiger partial charge < -0.3 is 15.3 Å². The van der Waals surface area contributed by atoms with Crippen molar-refractivity contribution < 1.29 is 20.1 Å². The van der Waals surface area contributed by atoms with Crippen molar-refractivity contribution in [2.75, 3.05) is 0 Å². The van der Waals surface area contributed by atoms with Crippen LogP contribution in [0.5, 0.6) is 0 Å². The molecular formula is C6H12O4. The second kappa shape index (κ2) is 4.96. The third-order valence-corrected chi connectivity index (χ3v) is 0.626. The molecule has 0 aromatic carbocycles. The summed E-state index contributed by atoms with van der Waals surface area (Å²) in [5.74, 6) is -0.565. The predicted molar refractivity (Wildman–Crippen MR) is 36.2 cm³/mol. The highest BCUT2D eigenvalue weighted by Gasteiger charge is 2.04. The van der Waals surface area contributed by atoms with Crippen molar-refractivity contribution in [3.05, 3.63) is 12.2 Å². The zero-order valence-corrected chi connectivity index (χ0v) is 6.05. The van der Waals surface area contributed by atoms with E-state index in [1.165, 1.54) is 13.8 Å². The number of carbonyl (C=O) groups is 1. The second-order valence-corrected chi connectivity index (χ2v) is 1.78. The summed E-state index contributed by atoms with van der Waals surface area (Å²) in [6.45, 7) is 6.20. The summed E-state index contributed by atoms with van der Waals surface area (Å²) >= 11 is 0. The van der Waals surface area contributed by atoms with Crippen LogP contribution in [0.3, 0.4) is 0 Å². The molecular weight excluding hydrogens is 136 g/mol.